The van der Waals surface area contributed by atoms with Crippen molar-refractivity contribution in [3.8, 4) is 0 Å². The third-order valence-electron chi connectivity index (χ3n) is 5.35. The Labute approximate surface area is 190 Å². The fourth-order valence-electron chi connectivity index (χ4n) is 3.41. The number of nitrogens with two attached hydrogens (primary N) is 1. The molecule has 5 nitrogen and oxygen atoms in total. The van der Waals surface area contributed by atoms with Gasteiger partial charge >= 0.3 is 0 Å². The predicted molar refractivity (Wildman–Crippen MR) is 132 cm³/mol. The molecule has 0 saturated heterocycles. The summed E-state index contributed by atoms with van der Waals surface area (Å²) in [5.74, 6) is 0.698. The van der Waals surface area contributed by atoms with E-state index in [1.807, 2.05) is 24.3 Å². The lowest BCUT2D eigenvalue weighted by molar-refractivity contribution is -0.122. The van der Waals surface area contributed by atoms with Gasteiger partial charge in [0.05, 0.1) is 6.54 Å². The summed E-state index contributed by atoms with van der Waals surface area (Å²) in [5.41, 5.74) is 11.5. The molecule has 0 aromatic heterocycles. The Balaban J connectivity index is 0.00000300. The van der Waals surface area contributed by atoms with Gasteiger partial charge in [0.2, 0.25) is 5.91 Å². The Kier molecular flexibility index (Phi) is 8.95. The van der Waals surface area contributed by atoms with E-state index in [4.69, 9.17) is 5.73 Å². The number of para-hydroxylation sites is 1. The highest BCUT2D eigenvalue weighted by molar-refractivity contribution is 14.0. The van der Waals surface area contributed by atoms with Gasteiger partial charge in [-0.1, -0.05) is 50.6 Å². The predicted octanol–water partition coefficient (Wildman–Crippen LogP) is 5.09. The molecular weight excluding hydrogens is 475 g/mol. The molecule has 4 N–H and O–H groups in total. The Morgan fingerprint density at radius 1 is 1.07 bits per heavy atom. The number of carbonyl (C=O) groups is 1. The number of anilines is 2. The maximum atomic E-state index is 12.1. The largest absolute Gasteiger partial charge is 0.370 e. The molecule has 0 unspecified atom stereocenters. The van der Waals surface area contributed by atoms with Crippen LogP contribution in [-0.4, -0.2) is 11.9 Å². The third kappa shape index (κ3) is 6.19. The lowest BCUT2D eigenvalue weighted by Crippen LogP contribution is -2.28. The van der Waals surface area contributed by atoms with E-state index in [1.54, 1.807) is 0 Å². The Morgan fingerprint density at radius 2 is 1.72 bits per heavy atom. The molecule has 29 heavy (non-hydrogen) atoms. The van der Waals surface area contributed by atoms with Crippen LogP contribution in [0.1, 0.15) is 49.8 Å². The van der Waals surface area contributed by atoms with Gasteiger partial charge in [-0.2, -0.15) is 0 Å². The van der Waals surface area contributed by atoms with Crippen LogP contribution in [0.5, 0.6) is 0 Å². The van der Waals surface area contributed by atoms with Gasteiger partial charge in [0.25, 0.3) is 0 Å². The number of hydrogen-bond acceptors (Lipinski definition) is 2. The first-order valence-corrected chi connectivity index (χ1v) is 10.2. The molecule has 0 atom stereocenters. The number of benzene rings is 2. The maximum absolute atomic E-state index is 12.1. The van der Waals surface area contributed by atoms with Gasteiger partial charge in [0.1, 0.15) is 0 Å². The topological polar surface area (TPSA) is 79.5 Å². The smallest absolute Gasteiger partial charge is 0.227 e. The molecule has 1 aliphatic rings. The quantitative estimate of drug-likeness (QED) is 0.278. The number of guanidine groups is 1. The van der Waals surface area contributed by atoms with E-state index in [2.05, 4.69) is 47.7 Å². The lowest BCUT2D eigenvalue weighted by atomic mass is 9.85. The summed E-state index contributed by atoms with van der Waals surface area (Å²) >= 11 is 0. The number of aliphatic imine (C=N–C) groups is 1. The third-order valence-corrected chi connectivity index (χ3v) is 5.35. The van der Waals surface area contributed by atoms with E-state index >= 15 is 0 Å². The number of hydrogen-bond donors (Lipinski definition) is 3. The highest BCUT2D eigenvalue weighted by Crippen LogP contribution is 2.27. The van der Waals surface area contributed by atoms with Crippen molar-refractivity contribution in [3.05, 3.63) is 59.2 Å². The van der Waals surface area contributed by atoms with Crippen molar-refractivity contribution in [2.45, 2.75) is 52.5 Å². The monoisotopic (exact) mass is 506 g/mol. The van der Waals surface area contributed by atoms with Gasteiger partial charge in [-0.15, -0.1) is 24.0 Å². The van der Waals surface area contributed by atoms with Gasteiger partial charge < -0.3 is 16.4 Å². The Hall–Kier alpha value is -2.09. The normalized spacial score (nSPS) is 13.9. The van der Waals surface area contributed by atoms with Crippen molar-refractivity contribution >= 4 is 47.2 Å². The van der Waals surface area contributed by atoms with Gasteiger partial charge in [0.15, 0.2) is 5.96 Å². The van der Waals surface area contributed by atoms with Crippen LogP contribution in [0.2, 0.25) is 0 Å². The van der Waals surface area contributed by atoms with E-state index in [1.165, 1.54) is 11.1 Å². The van der Waals surface area contributed by atoms with Crippen molar-refractivity contribution in [1.82, 2.24) is 0 Å². The Morgan fingerprint density at radius 3 is 2.31 bits per heavy atom. The van der Waals surface area contributed by atoms with E-state index in [-0.39, 0.29) is 35.8 Å². The van der Waals surface area contributed by atoms with Gasteiger partial charge in [-0.3, -0.25) is 4.79 Å². The molecule has 6 heteroatoms. The average molecular weight is 506 g/mol. The number of rotatable bonds is 7. The minimum atomic E-state index is 0. The highest BCUT2D eigenvalue weighted by atomic mass is 127. The van der Waals surface area contributed by atoms with E-state index in [9.17, 15) is 4.79 Å². The zero-order valence-corrected chi connectivity index (χ0v) is 19.5. The second-order valence-electron chi connectivity index (χ2n) is 7.30. The van der Waals surface area contributed by atoms with Crippen LogP contribution < -0.4 is 16.4 Å². The summed E-state index contributed by atoms with van der Waals surface area (Å²) in [5, 5.41) is 6.29. The SMILES string of the molecule is CCc1cccc(CC)c1NC(N)=NCc1cccc(NC(=O)C2CCC2)c1.I. The molecule has 1 fully saturated rings. The fourth-order valence-corrected chi connectivity index (χ4v) is 3.41. The first-order valence-electron chi connectivity index (χ1n) is 10.2. The van der Waals surface area contributed by atoms with Crippen molar-refractivity contribution in [3.63, 3.8) is 0 Å². The molecule has 0 bridgehead atoms. The number of halogens is 1. The van der Waals surface area contributed by atoms with Gasteiger partial charge in [-0.25, -0.2) is 4.99 Å². The molecule has 3 rings (SSSR count). The minimum absolute atomic E-state index is 0. The van der Waals surface area contributed by atoms with Crippen LogP contribution in [-0.2, 0) is 24.2 Å². The van der Waals surface area contributed by atoms with E-state index < -0.39 is 0 Å². The van der Waals surface area contributed by atoms with Crippen LogP contribution >= 0.6 is 24.0 Å². The lowest BCUT2D eigenvalue weighted by Gasteiger charge is -2.24. The van der Waals surface area contributed by atoms with Crippen molar-refractivity contribution < 1.29 is 4.79 Å². The summed E-state index contributed by atoms with van der Waals surface area (Å²) < 4.78 is 0. The number of carbonyl (C=O) groups excluding carboxylic acids is 1. The standard InChI is InChI=1S/C23H30N4O.HI/c1-3-17-9-6-10-18(4-2)21(17)27-23(24)25-15-16-8-5-13-20(14-16)26-22(28)19-11-7-12-19;/h5-6,8-10,13-14,19H,3-4,7,11-12,15H2,1-2H3,(H,26,28)(H3,24,25,27);1H. The van der Waals surface area contributed by atoms with Crippen LogP contribution in [0.25, 0.3) is 0 Å². The summed E-state index contributed by atoms with van der Waals surface area (Å²) in [6, 6.07) is 14.1. The molecule has 0 spiro atoms. The fraction of sp³-hybridized carbons (Fsp3) is 0.391. The average Bonchev–Trinajstić information content (AvgIpc) is 2.65. The van der Waals surface area contributed by atoms with Gasteiger partial charge in [-0.05, 0) is 54.5 Å². The van der Waals surface area contributed by atoms with Crippen LogP contribution in [0.15, 0.2) is 47.5 Å². The molecular formula is C23H31IN4O. The zero-order chi connectivity index (χ0) is 19.9. The van der Waals surface area contributed by atoms with Crippen LogP contribution in [0.3, 0.4) is 0 Å². The van der Waals surface area contributed by atoms with Crippen molar-refractivity contribution in [2.75, 3.05) is 10.6 Å². The minimum Gasteiger partial charge on any atom is -0.370 e. The first kappa shape index (κ1) is 23.2. The number of amides is 1. The van der Waals surface area contributed by atoms with Crippen LogP contribution in [0.4, 0.5) is 11.4 Å². The molecule has 2 aromatic carbocycles. The molecule has 0 radical (unpaired) electrons. The second-order valence-corrected chi connectivity index (χ2v) is 7.30. The summed E-state index contributed by atoms with van der Waals surface area (Å²) in [6.45, 7) is 4.73. The second kappa shape index (κ2) is 11.2. The molecule has 1 saturated carbocycles. The molecule has 0 aliphatic heterocycles. The van der Waals surface area contributed by atoms with Gasteiger partial charge in [0, 0.05) is 17.3 Å². The summed E-state index contributed by atoms with van der Waals surface area (Å²) in [4.78, 5) is 16.6. The van der Waals surface area contributed by atoms with Crippen LogP contribution in [0, 0.1) is 5.92 Å². The molecule has 2 aromatic rings. The van der Waals surface area contributed by atoms with E-state index in [0.29, 0.717) is 12.5 Å². The summed E-state index contributed by atoms with van der Waals surface area (Å²) in [6.07, 6.45) is 5.02. The number of nitrogens with one attached hydrogen (secondary N) is 2. The molecule has 0 heterocycles. The van der Waals surface area contributed by atoms with Crippen molar-refractivity contribution in [1.29, 1.82) is 0 Å². The zero-order valence-electron chi connectivity index (χ0n) is 17.2. The molecule has 1 amide bonds. The Bertz CT molecular complexity index is 839. The first-order chi connectivity index (χ1) is 13.6. The summed E-state index contributed by atoms with van der Waals surface area (Å²) in [7, 11) is 0. The van der Waals surface area contributed by atoms with E-state index in [0.717, 1.165) is 49.0 Å². The molecule has 156 valence electrons. The number of aryl methyl sites for hydroxylation is 2. The molecule has 1 aliphatic carbocycles. The highest BCUT2D eigenvalue weighted by Gasteiger charge is 2.25. The maximum Gasteiger partial charge on any atom is 0.227 e. The number of nitrogens with zero attached hydrogens (tertiary/aromatic N) is 1. The van der Waals surface area contributed by atoms with Crippen molar-refractivity contribution in [2.24, 2.45) is 16.6 Å².